The monoisotopic (exact) mass is 211 g/mol. The van der Waals surface area contributed by atoms with E-state index < -0.39 is 0 Å². The molecule has 0 aromatic carbocycles. The molecule has 15 heavy (non-hydrogen) atoms. The third kappa shape index (κ3) is 4.22. The molecular formula is C10H17N3O2. The van der Waals surface area contributed by atoms with Crippen molar-refractivity contribution in [1.29, 1.82) is 0 Å². The van der Waals surface area contributed by atoms with Crippen molar-refractivity contribution in [3.8, 4) is 0 Å². The van der Waals surface area contributed by atoms with Crippen LogP contribution >= 0.6 is 0 Å². The van der Waals surface area contributed by atoms with Crippen molar-refractivity contribution in [2.75, 3.05) is 20.3 Å². The predicted molar refractivity (Wildman–Crippen MR) is 57.8 cm³/mol. The van der Waals surface area contributed by atoms with E-state index in [0.717, 1.165) is 24.5 Å². The van der Waals surface area contributed by atoms with E-state index >= 15 is 0 Å². The molecule has 0 saturated heterocycles. The molecule has 84 valence electrons. The van der Waals surface area contributed by atoms with Gasteiger partial charge < -0.3 is 15.0 Å². The molecule has 0 radical (unpaired) electrons. The van der Waals surface area contributed by atoms with Gasteiger partial charge in [-0.25, -0.2) is 4.98 Å². The molecule has 0 aliphatic heterocycles. The minimum atomic E-state index is -0.0922. The van der Waals surface area contributed by atoms with Crippen LogP contribution in [-0.2, 0) is 17.7 Å². The topological polar surface area (TPSA) is 67.0 Å². The summed E-state index contributed by atoms with van der Waals surface area (Å²) in [7, 11) is 1.66. The highest BCUT2D eigenvalue weighted by atomic mass is 16.5. The number of methoxy groups -OCH3 is 1. The first-order chi connectivity index (χ1) is 7.26. The van der Waals surface area contributed by atoms with E-state index in [9.17, 15) is 4.79 Å². The van der Waals surface area contributed by atoms with Gasteiger partial charge in [0.1, 0.15) is 5.82 Å². The van der Waals surface area contributed by atoms with Crippen LogP contribution in [0.5, 0.6) is 0 Å². The van der Waals surface area contributed by atoms with Crippen LogP contribution in [0.15, 0.2) is 10.9 Å². The number of H-pyrrole nitrogens is 1. The molecule has 1 rings (SSSR count). The van der Waals surface area contributed by atoms with Crippen LogP contribution in [0.2, 0.25) is 0 Å². The Morgan fingerprint density at radius 1 is 1.60 bits per heavy atom. The standard InChI is InChI=1S/C10H17N3O2/c1-3-9-12-8(6-10(14)13-9)7-11-4-5-15-2/h6,11H,3-5,7H2,1-2H3,(H,12,13,14). The Bertz CT molecular complexity index is 349. The Kier molecular flexibility index (Phi) is 5.00. The second-order valence-corrected chi connectivity index (χ2v) is 3.21. The number of nitrogens with zero attached hydrogens (tertiary/aromatic N) is 1. The molecule has 0 aliphatic rings. The summed E-state index contributed by atoms with van der Waals surface area (Å²) in [5.74, 6) is 0.728. The summed E-state index contributed by atoms with van der Waals surface area (Å²) in [6.45, 7) is 3.97. The SMILES string of the molecule is CCc1nc(CNCCOC)cc(=O)[nH]1. The van der Waals surface area contributed by atoms with Gasteiger partial charge in [0.25, 0.3) is 5.56 Å². The van der Waals surface area contributed by atoms with Crippen molar-refractivity contribution < 1.29 is 4.74 Å². The molecular weight excluding hydrogens is 194 g/mol. The minimum absolute atomic E-state index is 0.0922. The Morgan fingerprint density at radius 3 is 3.07 bits per heavy atom. The van der Waals surface area contributed by atoms with Crippen molar-refractivity contribution in [3.05, 3.63) is 27.9 Å². The van der Waals surface area contributed by atoms with E-state index in [4.69, 9.17) is 4.74 Å². The molecule has 2 N–H and O–H groups in total. The number of hydrogen-bond acceptors (Lipinski definition) is 4. The fourth-order valence-corrected chi connectivity index (χ4v) is 1.21. The quantitative estimate of drug-likeness (QED) is 0.653. The van der Waals surface area contributed by atoms with Crippen molar-refractivity contribution in [2.24, 2.45) is 0 Å². The highest BCUT2D eigenvalue weighted by Crippen LogP contribution is 1.92. The molecule has 0 aliphatic carbocycles. The number of hydrogen-bond donors (Lipinski definition) is 2. The summed E-state index contributed by atoms with van der Waals surface area (Å²) in [6.07, 6.45) is 0.737. The zero-order chi connectivity index (χ0) is 11.1. The van der Waals surface area contributed by atoms with Crippen molar-refractivity contribution in [1.82, 2.24) is 15.3 Å². The minimum Gasteiger partial charge on any atom is -0.383 e. The van der Waals surface area contributed by atoms with Gasteiger partial charge in [0.05, 0.1) is 12.3 Å². The molecule has 0 saturated carbocycles. The Balaban J connectivity index is 2.53. The zero-order valence-electron chi connectivity index (χ0n) is 9.17. The molecule has 0 amide bonds. The van der Waals surface area contributed by atoms with Gasteiger partial charge in [0.15, 0.2) is 0 Å². The summed E-state index contributed by atoms with van der Waals surface area (Å²) in [5.41, 5.74) is 0.678. The van der Waals surface area contributed by atoms with Crippen LogP contribution in [0, 0.1) is 0 Å². The maximum atomic E-state index is 11.2. The third-order valence-electron chi connectivity index (χ3n) is 1.97. The molecule has 5 heteroatoms. The van der Waals surface area contributed by atoms with Gasteiger partial charge in [-0.3, -0.25) is 4.79 Å². The zero-order valence-corrected chi connectivity index (χ0v) is 9.17. The molecule has 1 aromatic heterocycles. The lowest BCUT2D eigenvalue weighted by Gasteiger charge is -2.04. The molecule has 0 atom stereocenters. The predicted octanol–water partition coefficient (Wildman–Crippen LogP) is 0.0683. The van der Waals surface area contributed by atoms with Gasteiger partial charge in [0, 0.05) is 32.7 Å². The number of aryl methyl sites for hydroxylation is 1. The van der Waals surface area contributed by atoms with E-state index in [-0.39, 0.29) is 5.56 Å². The van der Waals surface area contributed by atoms with Gasteiger partial charge >= 0.3 is 0 Å². The first kappa shape index (κ1) is 11.9. The van der Waals surface area contributed by atoms with Gasteiger partial charge in [-0.05, 0) is 0 Å². The van der Waals surface area contributed by atoms with Crippen LogP contribution < -0.4 is 10.9 Å². The van der Waals surface area contributed by atoms with E-state index in [2.05, 4.69) is 15.3 Å². The molecule has 0 bridgehead atoms. The average molecular weight is 211 g/mol. The number of rotatable bonds is 6. The second-order valence-electron chi connectivity index (χ2n) is 3.21. The summed E-state index contributed by atoms with van der Waals surface area (Å²) in [5, 5.41) is 3.14. The maximum absolute atomic E-state index is 11.2. The largest absolute Gasteiger partial charge is 0.383 e. The molecule has 0 spiro atoms. The average Bonchev–Trinajstić information content (AvgIpc) is 2.23. The fraction of sp³-hybridized carbons (Fsp3) is 0.600. The molecule has 1 heterocycles. The smallest absolute Gasteiger partial charge is 0.251 e. The van der Waals surface area contributed by atoms with Gasteiger partial charge in [-0.2, -0.15) is 0 Å². The highest BCUT2D eigenvalue weighted by Gasteiger charge is 1.99. The third-order valence-corrected chi connectivity index (χ3v) is 1.97. The Hall–Kier alpha value is -1.20. The second kappa shape index (κ2) is 6.31. The van der Waals surface area contributed by atoms with Crippen LogP contribution in [0.25, 0.3) is 0 Å². The highest BCUT2D eigenvalue weighted by molar-refractivity contribution is 5.02. The number of ether oxygens (including phenoxy) is 1. The maximum Gasteiger partial charge on any atom is 0.251 e. The van der Waals surface area contributed by atoms with E-state index in [1.807, 2.05) is 6.92 Å². The molecule has 0 fully saturated rings. The molecule has 0 unspecified atom stereocenters. The van der Waals surface area contributed by atoms with E-state index in [1.54, 1.807) is 7.11 Å². The van der Waals surface area contributed by atoms with Gasteiger partial charge in [0.2, 0.25) is 0 Å². The van der Waals surface area contributed by atoms with E-state index in [0.29, 0.717) is 13.2 Å². The lowest BCUT2D eigenvalue weighted by Crippen LogP contribution is -2.21. The number of aromatic amines is 1. The lowest BCUT2D eigenvalue weighted by molar-refractivity contribution is 0.199. The normalized spacial score (nSPS) is 10.5. The summed E-state index contributed by atoms with van der Waals surface area (Å²) in [4.78, 5) is 18.2. The van der Waals surface area contributed by atoms with Crippen LogP contribution in [0.1, 0.15) is 18.4 Å². The van der Waals surface area contributed by atoms with Crippen LogP contribution in [0.4, 0.5) is 0 Å². The first-order valence-corrected chi connectivity index (χ1v) is 5.05. The molecule has 5 nitrogen and oxygen atoms in total. The summed E-state index contributed by atoms with van der Waals surface area (Å²) >= 11 is 0. The van der Waals surface area contributed by atoms with E-state index in [1.165, 1.54) is 6.07 Å². The Morgan fingerprint density at radius 2 is 2.40 bits per heavy atom. The number of aromatic nitrogens is 2. The molecule has 1 aromatic rings. The van der Waals surface area contributed by atoms with Gasteiger partial charge in [-0.15, -0.1) is 0 Å². The van der Waals surface area contributed by atoms with Crippen molar-refractivity contribution in [2.45, 2.75) is 19.9 Å². The van der Waals surface area contributed by atoms with Gasteiger partial charge in [-0.1, -0.05) is 6.92 Å². The Labute approximate surface area is 88.9 Å². The fourth-order valence-electron chi connectivity index (χ4n) is 1.21. The lowest BCUT2D eigenvalue weighted by atomic mass is 10.3. The number of nitrogens with one attached hydrogen (secondary N) is 2. The van der Waals surface area contributed by atoms with Crippen molar-refractivity contribution >= 4 is 0 Å². The van der Waals surface area contributed by atoms with Crippen LogP contribution in [0.3, 0.4) is 0 Å². The summed E-state index contributed by atoms with van der Waals surface area (Å²) < 4.78 is 4.90. The van der Waals surface area contributed by atoms with Crippen LogP contribution in [-0.4, -0.2) is 30.2 Å². The van der Waals surface area contributed by atoms with Crippen molar-refractivity contribution in [3.63, 3.8) is 0 Å². The first-order valence-electron chi connectivity index (χ1n) is 5.05. The summed E-state index contributed by atoms with van der Waals surface area (Å²) in [6, 6.07) is 1.51.